The van der Waals surface area contributed by atoms with Gasteiger partial charge in [0.25, 0.3) is 0 Å². The van der Waals surface area contributed by atoms with E-state index in [0.29, 0.717) is 5.89 Å². The fraction of sp³-hybridized carbons (Fsp3) is 0.833. The molecular weight excluding hydrogens is 218 g/mol. The molecule has 1 unspecified atom stereocenters. The molecule has 0 aromatic carbocycles. The summed E-state index contributed by atoms with van der Waals surface area (Å²) >= 11 is 0. The monoisotopic (exact) mass is 239 g/mol. The van der Waals surface area contributed by atoms with Gasteiger partial charge >= 0.3 is 0 Å². The van der Waals surface area contributed by atoms with Gasteiger partial charge in [0.2, 0.25) is 5.89 Å². The van der Waals surface area contributed by atoms with Crippen molar-refractivity contribution < 1.29 is 9.26 Å². The number of aromatic nitrogens is 2. The van der Waals surface area contributed by atoms with Crippen LogP contribution in [0.25, 0.3) is 0 Å². The number of morpholine rings is 1. The highest BCUT2D eigenvalue weighted by Crippen LogP contribution is 2.23. The molecule has 5 heteroatoms. The number of nitrogens with zero attached hydrogens (tertiary/aromatic N) is 3. The van der Waals surface area contributed by atoms with Crippen LogP contribution in [-0.4, -0.2) is 41.3 Å². The van der Waals surface area contributed by atoms with Crippen LogP contribution in [0, 0.1) is 0 Å². The van der Waals surface area contributed by atoms with Crippen LogP contribution in [-0.2, 0) is 10.2 Å². The Morgan fingerprint density at radius 3 is 2.41 bits per heavy atom. The molecule has 0 N–H and O–H groups in total. The quantitative estimate of drug-likeness (QED) is 0.787. The summed E-state index contributed by atoms with van der Waals surface area (Å²) in [5.74, 6) is 1.48. The van der Waals surface area contributed by atoms with Gasteiger partial charge in [-0.2, -0.15) is 4.98 Å². The molecule has 0 spiro atoms. The minimum Gasteiger partial charge on any atom is -0.379 e. The van der Waals surface area contributed by atoms with E-state index in [4.69, 9.17) is 9.26 Å². The highest BCUT2D eigenvalue weighted by molar-refractivity contribution is 5.02. The van der Waals surface area contributed by atoms with Crippen LogP contribution in [0.3, 0.4) is 0 Å². The minimum atomic E-state index is -0.0630. The smallest absolute Gasteiger partial charge is 0.243 e. The lowest BCUT2D eigenvalue weighted by atomic mass is 9.96. The second-order valence-electron chi connectivity index (χ2n) is 5.53. The van der Waals surface area contributed by atoms with E-state index in [2.05, 4.69) is 42.7 Å². The van der Waals surface area contributed by atoms with E-state index in [1.165, 1.54) is 0 Å². The van der Waals surface area contributed by atoms with Crippen molar-refractivity contribution in [3.05, 3.63) is 11.7 Å². The molecule has 0 bridgehead atoms. The molecular formula is C12H21N3O2. The number of rotatable bonds is 2. The molecule has 0 radical (unpaired) electrons. The lowest BCUT2D eigenvalue weighted by Crippen LogP contribution is -2.38. The first-order valence-electron chi connectivity index (χ1n) is 6.14. The topological polar surface area (TPSA) is 51.4 Å². The molecule has 2 rings (SSSR count). The summed E-state index contributed by atoms with van der Waals surface area (Å²) in [6, 6.07) is 0.169. The van der Waals surface area contributed by atoms with Gasteiger partial charge in [-0.25, -0.2) is 0 Å². The van der Waals surface area contributed by atoms with Crippen LogP contribution < -0.4 is 0 Å². The van der Waals surface area contributed by atoms with Crippen molar-refractivity contribution in [2.24, 2.45) is 0 Å². The molecule has 0 amide bonds. The average Bonchev–Trinajstić information content (AvgIpc) is 2.78. The summed E-state index contributed by atoms with van der Waals surface area (Å²) in [7, 11) is 0. The van der Waals surface area contributed by atoms with Crippen molar-refractivity contribution in [2.45, 2.75) is 39.2 Å². The molecule has 1 aliphatic heterocycles. The molecule has 5 nitrogen and oxygen atoms in total. The molecule has 0 aliphatic carbocycles. The van der Waals surface area contributed by atoms with Gasteiger partial charge in [-0.1, -0.05) is 25.9 Å². The van der Waals surface area contributed by atoms with E-state index in [1.807, 2.05) is 0 Å². The van der Waals surface area contributed by atoms with E-state index < -0.39 is 0 Å². The Kier molecular flexibility index (Phi) is 3.49. The average molecular weight is 239 g/mol. The molecule has 2 heterocycles. The highest BCUT2D eigenvalue weighted by atomic mass is 16.5. The predicted molar refractivity (Wildman–Crippen MR) is 63.8 cm³/mol. The maximum absolute atomic E-state index is 5.36. The zero-order valence-corrected chi connectivity index (χ0v) is 11.1. The van der Waals surface area contributed by atoms with Gasteiger partial charge in [0.05, 0.1) is 19.3 Å². The Balaban J connectivity index is 2.08. The van der Waals surface area contributed by atoms with Crippen molar-refractivity contribution in [1.82, 2.24) is 15.0 Å². The third-order valence-corrected chi connectivity index (χ3v) is 3.06. The van der Waals surface area contributed by atoms with E-state index in [1.54, 1.807) is 0 Å². The zero-order chi connectivity index (χ0) is 12.5. The molecule has 1 saturated heterocycles. The first kappa shape index (κ1) is 12.5. The lowest BCUT2D eigenvalue weighted by molar-refractivity contribution is 0.0134. The lowest BCUT2D eigenvalue weighted by Gasteiger charge is -2.30. The Morgan fingerprint density at radius 2 is 1.88 bits per heavy atom. The van der Waals surface area contributed by atoms with Gasteiger partial charge in [0, 0.05) is 18.5 Å². The summed E-state index contributed by atoms with van der Waals surface area (Å²) in [4.78, 5) is 6.81. The fourth-order valence-corrected chi connectivity index (χ4v) is 1.83. The van der Waals surface area contributed by atoms with Crippen LogP contribution >= 0.6 is 0 Å². The summed E-state index contributed by atoms with van der Waals surface area (Å²) in [5, 5.41) is 4.06. The van der Waals surface area contributed by atoms with Crippen molar-refractivity contribution in [1.29, 1.82) is 0 Å². The summed E-state index contributed by atoms with van der Waals surface area (Å²) < 4.78 is 10.7. The second kappa shape index (κ2) is 4.74. The van der Waals surface area contributed by atoms with Gasteiger partial charge in [-0.15, -0.1) is 0 Å². The van der Waals surface area contributed by atoms with E-state index in [-0.39, 0.29) is 11.5 Å². The molecule has 96 valence electrons. The Hall–Kier alpha value is -0.940. The molecule has 1 aromatic rings. The number of hydrogen-bond donors (Lipinski definition) is 0. The molecule has 17 heavy (non-hydrogen) atoms. The molecule has 1 atom stereocenters. The van der Waals surface area contributed by atoms with Gasteiger partial charge in [-0.3, -0.25) is 4.90 Å². The molecule has 1 aromatic heterocycles. The third kappa shape index (κ3) is 2.84. The number of ether oxygens (including phenoxy) is 1. The SMILES string of the molecule is CC(c1nc(C(C)(C)C)no1)N1CCOCC1. The summed E-state index contributed by atoms with van der Waals surface area (Å²) in [6.07, 6.45) is 0. The van der Waals surface area contributed by atoms with Crippen molar-refractivity contribution in [2.75, 3.05) is 26.3 Å². The third-order valence-electron chi connectivity index (χ3n) is 3.06. The van der Waals surface area contributed by atoms with Crippen LogP contribution in [0.5, 0.6) is 0 Å². The first-order valence-corrected chi connectivity index (χ1v) is 6.14. The van der Waals surface area contributed by atoms with Gasteiger partial charge in [0.1, 0.15) is 0 Å². The van der Waals surface area contributed by atoms with Crippen molar-refractivity contribution >= 4 is 0 Å². The maximum Gasteiger partial charge on any atom is 0.243 e. The first-order chi connectivity index (χ1) is 7.98. The molecule has 1 fully saturated rings. The van der Waals surface area contributed by atoms with Crippen molar-refractivity contribution in [3.63, 3.8) is 0 Å². The van der Waals surface area contributed by atoms with Crippen LogP contribution in [0.15, 0.2) is 4.52 Å². The second-order valence-corrected chi connectivity index (χ2v) is 5.53. The van der Waals surface area contributed by atoms with Crippen LogP contribution in [0.4, 0.5) is 0 Å². The molecule has 0 saturated carbocycles. The summed E-state index contributed by atoms with van der Waals surface area (Å²) in [6.45, 7) is 11.8. The van der Waals surface area contributed by atoms with Crippen molar-refractivity contribution in [3.8, 4) is 0 Å². The summed E-state index contributed by atoms with van der Waals surface area (Å²) in [5.41, 5.74) is -0.0630. The Morgan fingerprint density at radius 1 is 1.24 bits per heavy atom. The fourth-order valence-electron chi connectivity index (χ4n) is 1.83. The van der Waals surface area contributed by atoms with Gasteiger partial charge in [0.15, 0.2) is 5.82 Å². The normalized spacial score (nSPS) is 20.5. The maximum atomic E-state index is 5.36. The van der Waals surface area contributed by atoms with Gasteiger partial charge in [-0.05, 0) is 6.92 Å². The van der Waals surface area contributed by atoms with Crippen LogP contribution in [0.2, 0.25) is 0 Å². The van der Waals surface area contributed by atoms with Gasteiger partial charge < -0.3 is 9.26 Å². The van der Waals surface area contributed by atoms with Crippen LogP contribution in [0.1, 0.15) is 45.5 Å². The van der Waals surface area contributed by atoms with E-state index in [0.717, 1.165) is 32.1 Å². The molecule has 1 aliphatic rings. The zero-order valence-electron chi connectivity index (χ0n) is 11.1. The Labute approximate surface area is 102 Å². The number of hydrogen-bond acceptors (Lipinski definition) is 5. The Bertz CT molecular complexity index is 364. The highest BCUT2D eigenvalue weighted by Gasteiger charge is 2.26. The minimum absolute atomic E-state index is 0.0630. The standard InChI is InChI=1S/C12H21N3O2/c1-9(15-5-7-16-8-6-15)10-13-11(14-17-10)12(2,3)4/h9H,5-8H2,1-4H3. The van der Waals surface area contributed by atoms with E-state index in [9.17, 15) is 0 Å². The largest absolute Gasteiger partial charge is 0.379 e. The van der Waals surface area contributed by atoms with E-state index >= 15 is 0 Å². The predicted octanol–water partition coefficient (Wildman–Crippen LogP) is 1.76.